The number of ether oxygens (including phenoxy) is 1. The summed E-state index contributed by atoms with van der Waals surface area (Å²) in [6.07, 6.45) is 0.758. The number of imidazole rings is 1. The predicted molar refractivity (Wildman–Crippen MR) is 90.6 cm³/mol. The normalized spacial score (nSPS) is 22.9. The molecule has 2 aromatic heterocycles. The highest BCUT2D eigenvalue weighted by atomic mass is 16.5. The molecule has 25 heavy (non-hydrogen) atoms. The lowest BCUT2D eigenvalue weighted by atomic mass is 10.2. The van der Waals surface area contributed by atoms with E-state index in [1.807, 2.05) is 0 Å². The van der Waals surface area contributed by atoms with Gasteiger partial charge < -0.3 is 20.7 Å². The number of anilines is 1. The fraction of sp³-hybridized carbons (Fsp3) is 0.562. The Morgan fingerprint density at radius 2 is 2.28 bits per heavy atom. The summed E-state index contributed by atoms with van der Waals surface area (Å²) in [6.45, 7) is 1.77. The van der Waals surface area contributed by atoms with E-state index in [1.165, 1.54) is 0 Å². The Morgan fingerprint density at radius 3 is 2.96 bits per heavy atom. The van der Waals surface area contributed by atoms with Gasteiger partial charge in [0, 0.05) is 12.8 Å². The number of fused-ring (bicyclic) bond motifs is 1. The van der Waals surface area contributed by atoms with E-state index in [0.717, 1.165) is 12.8 Å². The minimum atomic E-state index is -0.826. The summed E-state index contributed by atoms with van der Waals surface area (Å²) < 4.78 is 7.25. The van der Waals surface area contributed by atoms with E-state index in [2.05, 4.69) is 33.7 Å². The standard InChI is InChI=1S/C16H21N5O4/c1-2-3-4-5-6-11-18-13-14(19-16(17)20-15(13)24)21(11)12-7-9(23)10(8-22)25-12/h9-10,12,22-23H,2-4,7-8H2,1H3,(H3,17,19,20,24)/t9-,10+,12+/m0/s1. The first-order valence-electron chi connectivity index (χ1n) is 8.26. The van der Waals surface area contributed by atoms with Crippen molar-refractivity contribution in [3.05, 3.63) is 16.2 Å². The molecule has 0 saturated carbocycles. The van der Waals surface area contributed by atoms with Gasteiger partial charge in [-0.3, -0.25) is 14.3 Å². The van der Waals surface area contributed by atoms with Crippen LogP contribution in [-0.4, -0.2) is 48.5 Å². The zero-order chi connectivity index (χ0) is 18.0. The molecule has 5 N–H and O–H groups in total. The van der Waals surface area contributed by atoms with Crippen LogP contribution >= 0.6 is 0 Å². The molecule has 1 aliphatic rings. The van der Waals surface area contributed by atoms with Gasteiger partial charge in [-0.1, -0.05) is 19.3 Å². The second-order valence-corrected chi connectivity index (χ2v) is 5.95. The lowest BCUT2D eigenvalue weighted by Gasteiger charge is -2.14. The molecule has 1 fully saturated rings. The van der Waals surface area contributed by atoms with E-state index in [1.54, 1.807) is 4.57 Å². The minimum Gasteiger partial charge on any atom is -0.394 e. The lowest BCUT2D eigenvalue weighted by Crippen LogP contribution is -2.24. The van der Waals surface area contributed by atoms with Gasteiger partial charge in [-0.25, -0.2) is 4.98 Å². The van der Waals surface area contributed by atoms with Gasteiger partial charge in [0.1, 0.15) is 12.3 Å². The van der Waals surface area contributed by atoms with E-state index in [0.29, 0.717) is 12.2 Å². The average Bonchev–Trinajstić information content (AvgIpc) is 3.11. The van der Waals surface area contributed by atoms with Crippen molar-refractivity contribution in [2.45, 2.75) is 51.0 Å². The number of aliphatic hydroxyl groups excluding tert-OH is 2. The van der Waals surface area contributed by atoms with E-state index < -0.39 is 24.0 Å². The van der Waals surface area contributed by atoms with Crippen LogP contribution in [0.1, 0.15) is 44.7 Å². The number of hydrogen-bond donors (Lipinski definition) is 4. The highest BCUT2D eigenvalue weighted by molar-refractivity contribution is 5.72. The van der Waals surface area contributed by atoms with E-state index in [-0.39, 0.29) is 30.1 Å². The molecule has 3 rings (SSSR count). The number of nitrogen functional groups attached to an aromatic ring is 1. The van der Waals surface area contributed by atoms with Crippen LogP contribution in [0.5, 0.6) is 0 Å². The first-order valence-corrected chi connectivity index (χ1v) is 8.26. The van der Waals surface area contributed by atoms with Crippen LogP contribution in [0.3, 0.4) is 0 Å². The molecule has 0 amide bonds. The Morgan fingerprint density at radius 1 is 1.48 bits per heavy atom. The van der Waals surface area contributed by atoms with Crippen molar-refractivity contribution >= 4 is 17.1 Å². The number of H-pyrrole nitrogens is 1. The van der Waals surface area contributed by atoms with Crippen molar-refractivity contribution in [1.29, 1.82) is 0 Å². The molecule has 2 aromatic rings. The van der Waals surface area contributed by atoms with Crippen LogP contribution in [0.2, 0.25) is 0 Å². The maximum atomic E-state index is 12.1. The quantitative estimate of drug-likeness (QED) is 0.447. The van der Waals surface area contributed by atoms with Crippen LogP contribution in [-0.2, 0) is 4.74 Å². The SMILES string of the molecule is CCCCC#Cc1nc2c(=O)[nH]c(N)nc2n1[C@H]1C[C@H](O)[C@@H](CO)O1. The van der Waals surface area contributed by atoms with Gasteiger partial charge in [-0.15, -0.1) is 0 Å². The summed E-state index contributed by atoms with van der Waals surface area (Å²) >= 11 is 0. The number of aromatic nitrogens is 4. The number of aliphatic hydroxyl groups is 2. The Kier molecular flexibility index (Phi) is 5.03. The lowest BCUT2D eigenvalue weighted by molar-refractivity contribution is -0.0434. The van der Waals surface area contributed by atoms with Crippen LogP contribution < -0.4 is 11.3 Å². The van der Waals surface area contributed by atoms with Crippen molar-refractivity contribution < 1.29 is 14.9 Å². The third-order valence-electron chi connectivity index (χ3n) is 4.10. The van der Waals surface area contributed by atoms with Crippen LogP contribution in [0.15, 0.2) is 4.79 Å². The Labute approximate surface area is 143 Å². The van der Waals surface area contributed by atoms with Gasteiger partial charge in [-0.05, 0) is 12.3 Å². The molecule has 0 radical (unpaired) electrons. The predicted octanol–water partition coefficient (Wildman–Crippen LogP) is -0.116. The molecular formula is C16H21N5O4. The Bertz CT molecular complexity index is 878. The Hall–Kier alpha value is -2.41. The van der Waals surface area contributed by atoms with Crippen molar-refractivity contribution in [2.24, 2.45) is 0 Å². The second-order valence-electron chi connectivity index (χ2n) is 5.95. The maximum Gasteiger partial charge on any atom is 0.280 e. The summed E-state index contributed by atoms with van der Waals surface area (Å²) in [7, 11) is 0. The molecule has 1 aliphatic heterocycles. The highest BCUT2D eigenvalue weighted by Crippen LogP contribution is 2.31. The highest BCUT2D eigenvalue weighted by Gasteiger charge is 2.36. The van der Waals surface area contributed by atoms with E-state index in [4.69, 9.17) is 10.5 Å². The number of aromatic amines is 1. The second kappa shape index (κ2) is 7.23. The molecular weight excluding hydrogens is 326 g/mol. The summed E-state index contributed by atoms with van der Waals surface area (Å²) in [5.74, 6) is 6.26. The number of nitrogens with one attached hydrogen (secondary N) is 1. The fourth-order valence-corrected chi connectivity index (χ4v) is 2.81. The number of nitrogens with two attached hydrogens (primary N) is 1. The summed E-state index contributed by atoms with van der Waals surface area (Å²) in [5, 5.41) is 19.3. The average molecular weight is 347 g/mol. The molecule has 1 saturated heterocycles. The fourth-order valence-electron chi connectivity index (χ4n) is 2.81. The minimum absolute atomic E-state index is 0.0404. The maximum absolute atomic E-state index is 12.1. The van der Waals surface area contributed by atoms with Gasteiger partial charge in [0.25, 0.3) is 5.56 Å². The zero-order valence-corrected chi connectivity index (χ0v) is 13.9. The molecule has 3 atom stereocenters. The molecule has 0 unspecified atom stereocenters. The van der Waals surface area contributed by atoms with Crippen molar-refractivity contribution in [1.82, 2.24) is 19.5 Å². The molecule has 134 valence electrons. The molecule has 0 aromatic carbocycles. The summed E-state index contributed by atoms with van der Waals surface area (Å²) in [4.78, 5) is 22.9. The third kappa shape index (κ3) is 3.37. The van der Waals surface area contributed by atoms with Gasteiger partial charge in [0.05, 0.1) is 12.7 Å². The largest absolute Gasteiger partial charge is 0.394 e. The van der Waals surface area contributed by atoms with Gasteiger partial charge >= 0.3 is 0 Å². The topological polar surface area (TPSA) is 139 Å². The van der Waals surface area contributed by atoms with Crippen molar-refractivity contribution in [2.75, 3.05) is 12.3 Å². The summed E-state index contributed by atoms with van der Waals surface area (Å²) in [6, 6.07) is 0. The van der Waals surface area contributed by atoms with Gasteiger partial charge in [-0.2, -0.15) is 4.98 Å². The molecule has 9 heteroatoms. The smallest absolute Gasteiger partial charge is 0.280 e. The van der Waals surface area contributed by atoms with Crippen molar-refractivity contribution in [3.63, 3.8) is 0 Å². The van der Waals surface area contributed by atoms with Gasteiger partial charge in [0.2, 0.25) is 5.95 Å². The monoisotopic (exact) mass is 347 g/mol. The number of rotatable bonds is 4. The molecule has 9 nitrogen and oxygen atoms in total. The number of hydrogen-bond acceptors (Lipinski definition) is 7. The third-order valence-corrected chi connectivity index (χ3v) is 4.10. The molecule has 3 heterocycles. The van der Waals surface area contributed by atoms with E-state index >= 15 is 0 Å². The van der Waals surface area contributed by atoms with Crippen LogP contribution in [0.4, 0.5) is 5.95 Å². The van der Waals surface area contributed by atoms with Gasteiger partial charge in [0.15, 0.2) is 17.0 Å². The zero-order valence-electron chi connectivity index (χ0n) is 13.9. The first-order chi connectivity index (χ1) is 12.0. The molecule has 0 bridgehead atoms. The van der Waals surface area contributed by atoms with E-state index in [9.17, 15) is 15.0 Å². The van der Waals surface area contributed by atoms with Crippen LogP contribution in [0, 0.1) is 11.8 Å². The number of unbranched alkanes of at least 4 members (excludes halogenated alkanes) is 2. The summed E-state index contributed by atoms with van der Waals surface area (Å²) in [5.41, 5.74) is 5.54. The number of nitrogens with zero attached hydrogens (tertiary/aromatic N) is 3. The molecule has 0 aliphatic carbocycles. The Balaban J connectivity index is 2.09. The van der Waals surface area contributed by atoms with Crippen LogP contribution in [0.25, 0.3) is 11.2 Å². The first kappa shape index (κ1) is 17.4. The molecule has 0 spiro atoms. The van der Waals surface area contributed by atoms with Crippen molar-refractivity contribution in [3.8, 4) is 11.8 Å².